The summed E-state index contributed by atoms with van der Waals surface area (Å²) in [6.07, 6.45) is 0. The lowest BCUT2D eigenvalue weighted by molar-refractivity contribution is 0.329. The van der Waals surface area contributed by atoms with Crippen molar-refractivity contribution in [3.8, 4) is 5.88 Å². The third-order valence-corrected chi connectivity index (χ3v) is 1.51. The third kappa shape index (κ3) is 1.68. The fourth-order valence-electron chi connectivity index (χ4n) is 0.508. The highest BCUT2D eigenvalue weighted by atomic mass is 32.1. The predicted molar refractivity (Wildman–Crippen MR) is 37.7 cm³/mol. The molecule has 0 unspecified atom stereocenters. The number of hydrogen-bond donors (Lipinski definition) is 0. The first kappa shape index (κ1) is 6.55. The van der Waals surface area contributed by atoms with Crippen molar-refractivity contribution in [2.24, 2.45) is 0 Å². The Bertz CT molecular complexity index is 185. The Kier molecular flexibility index (Phi) is 2.05. The second kappa shape index (κ2) is 2.82. The first-order valence-electron chi connectivity index (χ1n) is 2.73. The molecule has 0 spiro atoms. The zero-order chi connectivity index (χ0) is 6.69. The van der Waals surface area contributed by atoms with Crippen molar-refractivity contribution >= 4 is 11.3 Å². The van der Waals surface area contributed by atoms with Gasteiger partial charge in [-0.25, -0.2) is 4.98 Å². The van der Waals surface area contributed by atoms with Gasteiger partial charge in [0.05, 0.1) is 17.0 Å². The Morgan fingerprint density at radius 2 is 2.67 bits per heavy atom. The Morgan fingerprint density at radius 1 is 1.89 bits per heavy atom. The molecule has 0 bridgehead atoms. The van der Waals surface area contributed by atoms with Crippen molar-refractivity contribution in [2.75, 3.05) is 6.61 Å². The Morgan fingerprint density at radius 3 is 3.11 bits per heavy atom. The van der Waals surface area contributed by atoms with Crippen molar-refractivity contribution in [3.63, 3.8) is 0 Å². The summed E-state index contributed by atoms with van der Waals surface area (Å²) in [6, 6.07) is 0. The summed E-state index contributed by atoms with van der Waals surface area (Å²) < 4.78 is 5.09. The maximum atomic E-state index is 5.09. The number of nitrogens with zero attached hydrogens (tertiary/aromatic N) is 1. The summed E-state index contributed by atoms with van der Waals surface area (Å²) in [4.78, 5) is 3.99. The SMILES string of the molecule is [CH2]c1nc(OCC)cs1. The average Bonchev–Trinajstić information content (AvgIpc) is 2.17. The number of thiazole rings is 1. The molecular formula is C6H8NOS. The van der Waals surface area contributed by atoms with Gasteiger partial charge in [-0.3, -0.25) is 0 Å². The molecule has 0 saturated heterocycles. The lowest BCUT2D eigenvalue weighted by atomic mass is 10.8. The second-order valence-electron chi connectivity index (χ2n) is 1.51. The van der Waals surface area contributed by atoms with Crippen LogP contribution < -0.4 is 4.74 Å². The van der Waals surface area contributed by atoms with Crippen molar-refractivity contribution in [2.45, 2.75) is 6.92 Å². The van der Waals surface area contributed by atoms with Gasteiger partial charge in [-0.2, -0.15) is 0 Å². The molecule has 0 aromatic carbocycles. The van der Waals surface area contributed by atoms with E-state index >= 15 is 0 Å². The molecule has 1 radical (unpaired) electrons. The van der Waals surface area contributed by atoms with Gasteiger partial charge in [-0.15, -0.1) is 11.3 Å². The van der Waals surface area contributed by atoms with Crippen LogP contribution in [0.2, 0.25) is 0 Å². The minimum atomic E-state index is 0.670. The maximum Gasteiger partial charge on any atom is 0.224 e. The van der Waals surface area contributed by atoms with Crippen LogP contribution in [0.15, 0.2) is 5.38 Å². The highest BCUT2D eigenvalue weighted by Crippen LogP contribution is 2.14. The highest BCUT2D eigenvalue weighted by molar-refractivity contribution is 7.10. The van der Waals surface area contributed by atoms with E-state index in [4.69, 9.17) is 4.74 Å². The van der Waals surface area contributed by atoms with E-state index < -0.39 is 0 Å². The zero-order valence-electron chi connectivity index (χ0n) is 5.26. The van der Waals surface area contributed by atoms with Gasteiger partial charge in [0, 0.05) is 6.92 Å². The Labute approximate surface area is 58.5 Å². The average molecular weight is 142 g/mol. The number of aromatic nitrogens is 1. The molecule has 1 aromatic rings. The van der Waals surface area contributed by atoms with E-state index in [1.165, 1.54) is 11.3 Å². The molecule has 1 heterocycles. The van der Waals surface area contributed by atoms with Crippen LogP contribution in [0.5, 0.6) is 5.88 Å². The predicted octanol–water partition coefficient (Wildman–Crippen LogP) is 1.72. The monoisotopic (exact) mass is 142 g/mol. The zero-order valence-corrected chi connectivity index (χ0v) is 6.07. The molecule has 0 aliphatic heterocycles. The topological polar surface area (TPSA) is 22.1 Å². The van der Waals surface area contributed by atoms with Crippen LogP contribution in [0.3, 0.4) is 0 Å². The van der Waals surface area contributed by atoms with Gasteiger partial charge in [0.1, 0.15) is 0 Å². The quantitative estimate of drug-likeness (QED) is 0.627. The largest absolute Gasteiger partial charge is 0.477 e. The normalized spacial score (nSPS) is 9.56. The molecule has 0 fully saturated rings. The standard InChI is InChI=1S/C6H8NOS/c1-3-8-6-4-9-5(2)7-6/h4H,2-3H2,1H3. The summed E-state index contributed by atoms with van der Waals surface area (Å²) >= 11 is 1.50. The highest BCUT2D eigenvalue weighted by Gasteiger charge is 1.94. The van der Waals surface area contributed by atoms with E-state index in [0.717, 1.165) is 5.01 Å². The summed E-state index contributed by atoms with van der Waals surface area (Å²) in [5.41, 5.74) is 0. The van der Waals surface area contributed by atoms with Gasteiger partial charge in [-0.05, 0) is 6.92 Å². The molecule has 0 aliphatic carbocycles. The molecule has 1 rings (SSSR count). The summed E-state index contributed by atoms with van der Waals surface area (Å²) in [6.45, 7) is 6.25. The first-order chi connectivity index (χ1) is 4.33. The molecule has 9 heavy (non-hydrogen) atoms. The molecule has 49 valence electrons. The van der Waals surface area contributed by atoms with E-state index in [1.807, 2.05) is 12.3 Å². The minimum Gasteiger partial charge on any atom is -0.477 e. The van der Waals surface area contributed by atoms with Crippen molar-refractivity contribution in [3.05, 3.63) is 17.3 Å². The van der Waals surface area contributed by atoms with Crippen LogP contribution in [0.25, 0.3) is 0 Å². The molecule has 0 amide bonds. The fourth-order valence-corrected chi connectivity index (χ4v) is 1.01. The van der Waals surface area contributed by atoms with Gasteiger partial charge < -0.3 is 4.74 Å². The molecular weight excluding hydrogens is 134 g/mol. The van der Waals surface area contributed by atoms with E-state index in [2.05, 4.69) is 11.9 Å². The van der Waals surface area contributed by atoms with Crippen molar-refractivity contribution in [1.29, 1.82) is 0 Å². The number of ether oxygens (including phenoxy) is 1. The van der Waals surface area contributed by atoms with Gasteiger partial charge in [0.2, 0.25) is 5.88 Å². The van der Waals surface area contributed by atoms with Crippen LogP contribution in [0, 0.1) is 6.92 Å². The minimum absolute atomic E-state index is 0.670. The molecule has 3 heteroatoms. The van der Waals surface area contributed by atoms with Gasteiger partial charge in [-0.1, -0.05) is 0 Å². The first-order valence-corrected chi connectivity index (χ1v) is 3.61. The van der Waals surface area contributed by atoms with Gasteiger partial charge in [0.15, 0.2) is 0 Å². The van der Waals surface area contributed by atoms with Gasteiger partial charge >= 0.3 is 0 Å². The molecule has 1 aromatic heterocycles. The number of rotatable bonds is 2. The summed E-state index contributed by atoms with van der Waals surface area (Å²) in [7, 11) is 0. The molecule has 2 nitrogen and oxygen atoms in total. The van der Waals surface area contributed by atoms with Crippen LogP contribution in [-0.4, -0.2) is 11.6 Å². The van der Waals surface area contributed by atoms with E-state index in [-0.39, 0.29) is 0 Å². The lowest BCUT2D eigenvalue weighted by Crippen LogP contribution is -1.90. The molecule has 0 aliphatic rings. The molecule has 0 saturated carbocycles. The molecule has 0 atom stereocenters. The van der Waals surface area contributed by atoms with Gasteiger partial charge in [0.25, 0.3) is 0 Å². The van der Waals surface area contributed by atoms with E-state index in [1.54, 1.807) is 0 Å². The van der Waals surface area contributed by atoms with E-state index in [0.29, 0.717) is 12.5 Å². The van der Waals surface area contributed by atoms with E-state index in [9.17, 15) is 0 Å². The van der Waals surface area contributed by atoms with Crippen molar-refractivity contribution in [1.82, 2.24) is 4.98 Å². The van der Waals surface area contributed by atoms with Crippen LogP contribution in [-0.2, 0) is 0 Å². The fraction of sp³-hybridized carbons (Fsp3) is 0.333. The van der Waals surface area contributed by atoms with Crippen LogP contribution >= 0.6 is 11.3 Å². The Balaban J connectivity index is 2.61. The maximum absolute atomic E-state index is 5.09. The third-order valence-electron chi connectivity index (χ3n) is 0.823. The second-order valence-corrected chi connectivity index (χ2v) is 2.46. The summed E-state index contributed by atoms with van der Waals surface area (Å²) in [5, 5.41) is 2.66. The smallest absolute Gasteiger partial charge is 0.224 e. The van der Waals surface area contributed by atoms with Crippen molar-refractivity contribution < 1.29 is 4.74 Å². The molecule has 0 N–H and O–H groups in total. The number of hydrogen-bond acceptors (Lipinski definition) is 3. The van der Waals surface area contributed by atoms with Crippen LogP contribution in [0.1, 0.15) is 11.9 Å². The lowest BCUT2D eigenvalue weighted by Gasteiger charge is -1.93. The summed E-state index contributed by atoms with van der Waals surface area (Å²) in [5.74, 6) is 0.688. The Hall–Kier alpha value is -0.570. The van der Waals surface area contributed by atoms with Crippen LogP contribution in [0.4, 0.5) is 0 Å².